The molecule has 0 saturated carbocycles. The number of carboxylic acid groups (broad SMARTS) is 1. The number of aldehydes is 1. The van der Waals surface area contributed by atoms with Crippen LogP contribution in [0.25, 0.3) is 0 Å². The Balaban J connectivity index is 3.01. The third-order valence-corrected chi connectivity index (χ3v) is 2.24. The van der Waals surface area contributed by atoms with Gasteiger partial charge in [-0.25, -0.2) is 4.39 Å². The van der Waals surface area contributed by atoms with Gasteiger partial charge in [-0.2, -0.15) is 0 Å². The number of halogens is 1. The number of carbonyl (C=O) groups is 2. The molecule has 0 fully saturated rings. The fourth-order valence-electron chi connectivity index (χ4n) is 1.41. The standard InChI is InChI=1S/C11H11FO5/c12-7-2-1-6(5-13)8(3-7)11(17)9(14)4-10(15)16/h1-3,5,9,11,14,17H,4H2,(H,15,16). The molecule has 0 amide bonds. The van der Waals surface area contributed by atoms with Crippen LogP contribution in [-0.4, -0.2) is 33.7 Å². The van der Waals surface area contributed by atoms with Gasteiger partial charge in [-0.3, -0.25) is 9.59 Å². The van der Waals surface area contributed by atoms with E-state index in [1.54, 1.807) is 0 Å². The normalized spacial score (nSPS) is 14.1. The molecular formula is C11H11FO5. The molecule has 1 aromatic rings. The summed E-state index contributed by atoms with van der Waals surface area (Å²) < 4.78 is 12.9. The number of hydrogen-bond acceptors (Lipinski definition) is 4. The summed E-state index contributed by atoms with van der Waals surface area (Å²) in [5.41, 5.74) is -0.128. The minimum atomic E-state index is -1.62. The van der Waals surface area contributed by atoms with Crippen LogP contribution in [0.4, 0.5) is 4.39 Å². The first-order chi connectivity index (χ1) is 7.95. The van der Waals surface area contributed by atoms with Gasteiger partial charge in [0.1, 0.15) is 18.2 Å². The maximum Gasteiger partial charge on any atom is 0.306 e. The third kappa shape index (κ3) is 3.33. The second-order valence-electron chi connectivity index (χ2n) is 3.50. The number of aliphatic hydroxyl groups excluding tert-OH is 2. The van der Waals surface area contributed by atoms with Gasteiger partial charge in [0, 0.05) is 5.56 Å². The Kier molecular flexibility index (Phi) is 4.30. The van der Waals surface area contributed by atoms with Gasteiger partial charge in [-0.05, 0) is 23.8 Å². The average molecular weight is 242 g/mol. The highest BCUT2D eigenvalue weighted by Gasteiger charge is 2.23. The second-order valence-corrected chi connectivity index (χ2v) is 3.50. The number of carboxylic acids is 1. The van der Waals surface area contributed by atoms with Gasteiger partial charge in [0.05, 0.1) is 12.5 Å². The van der Waals surface area contributed by atoms with Crippen molar-refractivity contribution in [3.05, 3.63) is 35.1 Å². The molecule has 0 heterocycles. The number of aliphatic carboxylic acids is 1. The van der Waals surface area contributed by atoms with Crippen molar-refractivity contribution in [3.63, 3.8) is 0 Å². The van der Waals surface area contributed by atoms with E-state index in [1.807, 2.05) is 0 Å². The Bertz CT molecular complexity index is 432. The van der Waals surface area contributed by atoms with Gasteiger partial charge in [0.15, 0.2) is 0 Å². The van der Waals surface area contributed by atoms with Crippen molar-refractivity contribution in [2.75, 3.05) is 0 Å². The van der Waals surface area contributed by atoms with Crippen LogP contribution in [0.15, 0.2) is 18.2 Å². The molecule has 92 valence electrons. The summed E-state index contributed by atoms with van der Waals surface area (Å²) in [6.45, 7) is 0. The zero-order chi connectivity index (χ0) is 13.0. The largest absolute Gasteiger partial charge is 0.481 e. The molecule has 0 radical (unpaired) electrons. The predicted octanol–water partition coefficient (Wildman–Crippen LogP) is 0.507. The fraction of sp³-hybridized carbons (Fsp3) is 0.273. The molecule has 0 aromatic heterocycles. The van der Waals surface area contributed by atoms with Gasteiger partial charge >= 0.3 is 5.97 Å². The first-order valence-electron chi connectivity index (χ1n) is 4.78. The van der Waals surface area contributed by atoms with Crippen molar-refractivity contribution >= 4 is 12.3 Å². The lowest BCUT2D eigenvalue weighted by molar-refractivity contribution is -0.141. The van der Waals surface area contributed by atoms with E-state index in [0.29, 0.717) is 6.29 Å². The van der Waals surface area contributed by atoms with E-state index in [-0.39, 0.29) is 11.1 Å². The summed E-state index contributed by atoms with van der Waals surface area (Å²) in [4.78, 5) is 21.0. The van der Waals surface area contributed by atoms with E-state index in [2.05, 4.69) is 0 Å². The Labute approximate surface area is 96.1 Å². The van der Waals surface area contributed by atoms with E-state index in [9.17, 15) is 24.2 Å². The van der Waals surface area contributed by atoms with Gasteiger partial charge in [-0.1, -0.05) is 0 Å². The summed E-state index contributed by atoms with van der Waals surface area (Å²) >= 11 is 0. The smallest absolute Gasteiger partial charge is 0.306 e. The molecule has 2 atom stereocenters. The maximum atomic E-state index is 12.9. The number of rotatable bonds is 5. The van der Waals surface area contributed by atoms with E-state index in [1.165, 1.54) is 0 Å². The first-order valence-corrected chi connectivity index (χ1v) is 4.78. The number of aliphatic hydroxyl groups is 2. The van der Waals surface area contributed by atoms with Crippen LogP contribution >= 0.6 is 0 Å². The van der Waals surface area contributed by atoms with Crippen LogP contribution in [-0.2, 0) is 4.79 Å². The van der Waals surface area contributed by atoms with Crippen LogP contribution in [0.3, 0.4) is 0 Å². The van der Waals surface area contributed by atoms with Crippen molar-refractivity contribution in [1.29, 1.82) is 0 Å². The zero-order valence-corrected chi connectivity index (χ0v) is 8.71. The molecule has 0 aliphatic rings. The molecule has 6 heteroatoms. The van der Waals surface area contributed by atoms with Gasteiger partial charge in [0.25, 0.3) is 0 Å². The summed E-state index contributed by atoms with van der Waals surface area (Å²) in [7, 11) is 0. The van der Waals surface area contributed by atoms with Crippen molar-refractivity contribution in [2.24, 2.45) is 0 Å². The summed E-state index contributed by atoms with van der Waals surface area (Å²) in [6.07, 6.45) is -3.53. The lowest BCUT2D eigenvalue weighted by Crippen LogP contribution is -2.22. The maximum absolute atomic E-state index is 12.9. The van der Waals surface area contributed by atoms with Crippen LogP contribution in [0.1, 0.15) is 28.4 Å². The molecule has 2 unspecified atom stereocenters. The molecule has 1 rings (SSSR count). The molecule has 0 bridgehead atoms. The molecular weight excluding hydrogens is 231 g/mol. The molecule has 3 N–H and O–H groups in total. The Morgan fingerprint density at radius 1 is 1.41 bits per heavy atom. The Hall–Kier alpha value is -1.79. The van der Waals surface area contributed by atoms with Crippen molar-refractivity contribution in [1.82, 2.24) is 0 Å². The molecule has 1 aromatic carbocycles. The second kappa shape index (κ2) is 5.51. The van der Waals surface area contributed by atoms with Crippen LogP contribution in [0.5, 0.6) is 0 Å². The average Bonchev–Trinajstić information content (AvgIpc) is 2.27. The minimum Gasteiger partial charge on any atom is -0.481 e. The molecule has 0 aliphatic carbocycles. The van der Waals surface area contributed by atoms with E-state index >= 15 is 0 Å². The number of carbonyl (C=O) groups excluding carboxylic acids is 1. The third-order valence-electron chi connectivity index (χ3n) is 2.24. The summed E-state index contributed by atoms with van der Waals surface area (Å²) in [5, 5.41) is 27.5. The minimum absolute atomic E-state index is 0.00309. The van der Waals surface area contributed by atoms with Crippen LogP contribution in [0.2, 0.25) is 0 Å². The first kappa shape index (κ1) is 13.3. The Morgan fingerprint density at radius 2 is 2.06 bits per heavy atom. The summed E-state index contributed by atoms with van der Waals surface area (Å²) in [5.74, 6) is -1.99. The van der Waals surface area contributed by atoms with E-state index in [0.717, 1.165) is 18.2 Å². The lowest BCUT2D eigenvalue weighted by atomic mass is 9.97. The lowest BCUT2D eigenvalue weighted by Gasteiger charge is -2.17. The predicted molar refractivity (Wildman–Crippen MR) is 55.0 cm³/mol. The molecule has 0 aliphatic heterocycles. The van der Waals surface area contributed by atoms with Gasteiger partial charge in [0.2, 0.25) is 0 Å². The van der Waals surface area contributed by atoms with E-state index in [4.69, 9.17) is 5.11 Å². The topological polar surface area (TPSA) is 94.8 Å². The summed E-state index contributed by atoms with van der Waals surface area (Å²) in [6, 6.07) is 3.07. The monoisotopic (exact) mass is 242 g/mol. The van der Waals surface area contributed by atoms with Crippen LogP contribution in [0, 0.1) is 5.82 Å². The van der Waals surface area contributed by atoms with Gasteiger partial charge in [-0.15, -0.1) is 0 Å². The molecule has 0 saturated heterocycles. The highest BCUT2D eigenvalue weighted by molar-refractivity contribution is 5.77. The zero-order valence-electron chi connectivity index (χ0n) is 8.71. The quantitative estimate of drug-likeness (QED) is 0.654. The fourth-order valence-corrected chi connectivity index (χ4v) is 1.41. The molecule has 17 heavy (non-hydrogen) atoms. The molecule has 5 nitrogen and oxygen atoms in total. The molecule has 0 spiro atoms. The SMILES string of the molecule is O=Cc1ccc(F)cc1C(O)C(O)CC(=O)O. The van der Waals surface area contributed by atoms with Crippen molar-refractivity contribution < 1.29 is 29.3 Å². The highest BCUT2D eigenvalue weighted by Crippen LogP contribution is 2.23. The van der Waals surface area contributed by atoms with E-state index < -0.39 is 30.4 Å². The van der Waals surface area contributed by atoms with Crippen LogP contribution < -0.4 is 0 Å². The van der Waals surface area contributed by atoms with Gasteiger partial charge < -0.3 is 15.3 Å². The highest BCUT2D eigenvalue weighted by atomic mass is 19.1. The van der Waals surface area contributed by atoms with Crippen molar-refractivity contribution in [2.45, 2.75) is 18.6 Å². The van der Waals surface area contributed by atoms with Crippen molar-refractivity contribution in [3.8, 4) is 0 Å². The number of hydrogen-bond donors (Lipinski definition) is 3. The number of benzene rings is 1. The Morgan fingerprint density at radius 3 is 2.59 bits per heavy atom.